The van der Waals surface area contributed by atoms with Gasteiger partial charge in [-0.3, -0.25) is 9.59 Å². The third-order valence-corrected chi connectivity index (χ3v) is 5.10. The fourth-order valence-corrected chi connectivity index (χ4v) is 3.51. The third kappa shape index (κ3) is 6.86. The molecule has 0 aromatic heterocycles. The molecule has 2 aromatic carbocycles. The van der Waals surface area contributed by atoms with E-state index in [1.54, 1.807) is 36.4 Å². The molecule has 0 spiro atoms. The number of carbonyl (C=O) groups is 2. The number of hydrogen-bond acceptors (Lipinski definition) is 8. The van der Waals surface area contributed by atoms with E-state index >= 15 is 0 Å². The largest absolute Gasteiger partial charge is 0.493 e. The van der Waals surface area contributed by atoms with Crippen LogP contribution in [-0.4, -0.2) is 57.5 Å². The predicted octanol–water partition coefficient (Wildman–Crippen LogP) is 4.09. The Morgan fingerprint density at radius 2 is 1.69 bits per heavy atom. The van der Waals surface area contributed by atoms with Gasteiger partial charge in [-0.1, -0.05) is 32.2 Å². The average Bonchev–Trinajstić information content (AvgIpc) is 2.89. The molecule has 0 saturated carbocycles. The van der Waals surface area contributed by atoms with Crippen LogP contribution < -0.4 is 18.9 Å². The van der Waals surface area contributed by atoms with Gasteiger partial charge >= 0.3 is 5.97 Å². The number of methoxy groups -OCH3 is 2. The summed E-state index contributed by atoms with van der Waals surface area (Å²) in [5, 5.41) is 9.04. The summed E-state index contributed by atoms with van der Waals surface area (Å²) < 4.78 is 27.4. The lowest BCUT2D eigenvalue weighted by atomic mass is 9.87. The van der Waals surface area contributed by atoms with Crippen LogP contribution in [0, 0.1) is 0 Å². The van der Waals surface area contributed by atoms with Gasteiger partial charge in [0.25, 0.3) is 0 Å². The summed E-state index contributed by atoms with van der Waals surface area (Å²) >= 11 is 0. The summed E-state index contributed by atoms with van der Waals surface area (Å²) in [5.74, 6) is -0.227. The Kier molecular flexibility index (Phi) is 10.8. The van der Waals surface area contributed by atoms with Crippen molar-refractivity contribution in [3.8, 4) is 23.0 Å². The number of ether oxygens (including phenoxy) is 5. The first-order valence-electron chi connectivity index (χ1n) is 11.1. The second-order valence-electron chi connectivity index (χ2n) is 7.34. The van der Waals surface area contributed by atoms with Gasteiger partial charge in [-0.25, -0.2) is 0 Å². The van der Waals surface area contributed by atoms with Crippen LogP contribution in [0.3, 0.4) is 0 Å². The lowest BCUT2D eigenvalue weighted by molar-refractivity contribution is -0.142. The minimum Gasteiger partial charge on any atom is -0.493 e. The van der Waals surface area contributed by atoms with E-state index in [0.29, 0.717) is 34.8 Å². The molecule has 1 N–H and O–H groups in total. The van der Waals surface area contributed by atoms with Crippen molar-refractivity contribution in [3.63, 3.8) is 0 Å². The molecule has 0 amide bonds. The van der Waals surface area contributed by atoms with Crippen LogP contribution in [-0.2, 0) is 9.53 Å². The first-order chi connectivity index (χ1) is 16.9. The van der Waals surface area contributed by atoms with E-state index in [4.69, 9.17) is 28.8 Å². The maximum absolute atomic E-state index is 13.8. The zero-order valence-electron chi connectivity index (χ0n) is 20.4. The minimum absolute atomic E-state index is 0.0802. The molecule has 188 valence electrons. The molecule has 1 unspecified atom stereocenters. The number of aliphatic hydroxyl groups excluding tert-OH is 1. The Morgan fingerprint density at radius 3 is 2.29 bits per heavy atom. The van der Waals surface area contributed by atoms with E-state index in [0.717, 1.165) is 0 Å². The Labute approximate surface area is 205 Å². The van der Waals surface area contributed by atoms with Crippen LogP contribution in [0.25, 0.3) is 0 Å². The van der Waals surface area contributed by atoms with Crippen molar-refractivity contribution in [2.45, 2.75) is 19.3 Å². The minimum atomic E-state index is -0.730. The van der Waals surface area contributed by atoms with E-state index in [9.17, 15) is 9.59 Å². The molecule has 0 heterocycles. The van der Waals surface area contributed by atoms with Gasteiger partial charge in [-0.15, -0.1) is 0 Å². The predicted molar refractivity (Wildman–Crippen MR) is 132 cm³/mol. The topological polar surface area (TPSA) is 101 Å². The number of aliphatic hydroxyl groups is 1. The molecule has 1 atom stereocenters. The SMILES string of the molecule is C=CCOc1cc(OCC=C)c(C(=O)c2ccc(OCCO)c(OC)c2)c(C(CC)C(=O)OC)c1. The van der Waals surface area contributed by atoms with E-state index in [1.807, 2.05) is 6.92 Å². The Bertz CT molecular complexity index is 1040. The van der Waals surface area contributed by atoms with Crippen molar-refractivity contribution in [2.75, 3.05) is 40.6 Å². The fraction of sp³-hybridized carbons (Fsp3) is 0.333. The highest BCUT2D eigenvalue weighted by Gasteiger charge is 2.30. The zero-order valence-corrected chi connectivity index (χ0v) is 20.4. The second kappa shape index (κ2) is 13.8. The zero-order chi connectivity index (χ0) is 25.8. The van der Waals surface area contributed by atoms with E-state index in [1.165, 1.54) is 20.3 Å². The summed E-state index contributed by atoms with van der Waals surface area (Å²) in [6.45, 7) is 9.44. The molecule has 2 aromatic rings. The van der Waals surface area contributed by atoms with Crippen molar-refractivity contribution in [3.05, 3.63) is 72.3 Å². The van der Waals surface area contributed by atoms with Crippen LogP contribution in [0.15, 0.2) is 55.6 Å². The standard InChI is InChI=1S/C27H32O8/c1-6-12-33-19-16-21(20(8-3)27(30)32-5)25(24(17-19)34-13-7-2)26(29)18-9-10-22(35-14-11-28)23(15-18)31-4/h6-7,9-10,15-17,20,28H,1-2,8,11-14H2,3-5H3. The fourth-order valence-electron chi connectivity index (χ4n) is 3.51. The van der Waals surface area contributed by atoms with E-state index in [-0.39, 0.29) is 43.5 Å². The molecule has 8 heteroatoms. The highest BCUT2D eigenvalue weighted by Crippen LogP contribution is 2.38. The van der Waals surface area contributed by atoms with E-state index < -0.39 is 11.9 Å². The number of carbonyl (C=O) groups excluding carboxylic acids is 2. The molecule has 8 nitrogen and oxygen atoms in total. The van der Waals surface area contributed by atoms with Crippen molar-refractivity contribution in [1.29, 1.82) is 0 Å². The lowest BCUT2D eigenvalue weighted by Crippen LogP contribution is -2.19. The van der Waals surface area contributed by atoms with Crippen LogP contribution >= 0.6 is 0 Å². The van der Waals surface area contributed by atoms with Crippen molar-refractivity contribution in [2.24, 2.45) is 0 Å². The van der Waals surface area contributed by atoms with Crippen LogP contribution in [0.2, 0.25) is 0 Å². The lowest BCUT2D eigenvalue weighted by Gasteiger charge is -2.21. The summed E-state index contributed by atoms with van der Waals surface area (Å²) in [6, 6.07) is 7.96. The van der Waals surface area contributed by atoms with Gasteiger partial charge in [0.15, 0.2) is 17.3 Å². The Morgan fingerprint density at radius 1 is 0.971 bits per heavy atom. The Hall–Kier alpha value is -3.78. The van der Waals surface area contributed by atoms with Crippen LogP contribution in [0.1, 0.15) is 40.7 Å². The molecule has 0 aliphatic rings. The van der Waals surface area contributed by atoms with Crippen LogP contribution in [0.4, 0.5) is 0 Å². The summed E-state index contributed by atoms with van der Waals surface area (Å²) in [5.41, 5.74) is 0.924. The van der Waals surface area contributed by atoms with Crippen molar-refractivity contribution >= 4 is 11.8 Å². The molecule has 2 rings (SSSR count). The molecular weight excluding hydrogens is 452 g/mol. The van der Waals surface area contributed by atoms with E-state index in [2.05, 4.69) is 13.2 Å². The number of rotatable bonds is 15. The molecule has 0 saturated heterocycles. The summed E-state index contributed by atoms with van der Waals surface area (Å²) in [4.78, 5) is 26.5. The monoisotopic (exact) mass is 484 g/mol. The third-order valence-electron chi connectivity index (χ3n) is 5.10. The van der Waals surface area contributed by atoms with Gasteiger partial charge < -0.3 is 28.8 Å². The molecule has 0 bridgehead atoms. The summed E-state index contributed by atoms with van der Waals surface area (Å²) in [6.07, 6.45) is 3.53. The molecule has 0 radical (unpaired) electrons. The van der Waals surface area contributed by atoms with Gasteiger partial charge in [0.05, 0.1) is 32.3 Å². The average molecular weight is 485 g/mol. The number of benzene rings is 2. The quantitative estimate of drug-likeness (QED) is 0.229. The van der Waals surface area contributed by atoms with Gasteiger partial charge in [0, 0.05) is 11.6 Å². The first-order valence-corrected chi connectivity index (χ1v) is 11.1. The smallest absolute Gasteiger partial charge is 0.313 e. The normalized spacial score (nSPS) is 11.2. The maximum atomic E-state index is 13.8. The van der Waals surface area contributed by atoms with Crippen molar-refractivity contribution in [1.82, 2.24) is 0 Å². The molecule has 0 fully saturated rings. The van der Waals surface area contributed by atoms with Crippen LogP contribution in [0.5, 0.6) is 23.0 Å². The maximum Gasteiger partial charge on any atom is 0.313 e. The number of ketones is 1. The molecule has 35 heavy (non-hydrogen) atoms. The summed E-state index contributed by atoms with van der Waals surface area (Å²) in [7, 11) is 2.76. The van der Waals surface area contributed by atoms with Gasteiger partial charge in [-0.05, 0) is 36.2 Å². The first kappa shape index (κ1) is 27.5. The molecule has 0 aliphatic carbocycles. The second-order valence-corrected chi connectivity index (χ2v) is 7.34. The number of esters is 1. The number of hydrogen-bond donors (Lipinski definition) is 1. The Balaban J connectivity index is 2.72. The molecule has 0 aliphatic heterocycles. The highest BCUT2D eigenvalue weighted by atomic mass is 16.5. The van der Waals surface area contributed by atoms with Gasteiger partial charge in [0.1, 0.15) is 31.3 Å². The van der Waals surface area contributed by atoms with Gasteiger partial charge in [0.2, 0.25) is 0 Å². The molecular formula is C27H32O8. The van der Waals surface area contributed by atoms with Gasteiger partial charge in [-0.2, -0.15) is 0 Å². The highest BCUT2D eigenvalue weighted by molar-refractivity contribution is 6.13. The van der Waals surface area contributed by atoms with Crippen molar-refractivity contribution < 1.29 is 38.4 Å².